The van der Waals surface area contributed by atoms with Crippen molar-refractivity contribution in [3.63, 3.8) is 0 Å². The van der Waals surface area contributed by atoms with Crippen molar-refractivity contribution < 1.29 is 23.9 Å². The predicted octanol–water partition coefficient (Wildman–Crippen LogP) is 2.84. The number of cyclic esters (lactones) is 1. The number of ether oxygens (including phenoxy) is 2. The lowest BCUT2D eigenvalue weighted by Crippen LogP contribution is -2.33. The molecule has 1 unspecified atom stereocenters. The molecule has 0 spiro atoms. The molecule has 0 bridgehead atoms. The van der Waals surface area contributed by atoms with Crippen LogP contribution in [0.25, 0.3) is 17.1 Å². The summed E-state index contributed by atoms with van der Waals surface area (Å²) in [6, 6.07) is 10.9. The van der Waals surface area contributed by atoms with Gasteiger partial charge in [0.15, 0.2) is 0 Å². The van der Waals surface area contributed by atoms with Gasteiger partial charge in [0.25, 0.3) is 0 Å². The molecule has 2 N–H and O–H groups in total. The zero-order valence-electron chi connectivity index (χ0n) is 18.7. The van der Waals surface area contributed by atoms with Crippen molar-refractivity contribution in [2.75, 3.05) is 36.2 Å². The summed E-state index contributed by atoms with van der Waals surface area (Å²) in [5.41, 5.74) is 3.33. The number of nitrogens with one attached hydrogen (secondary N) is 2. The van der Waals surface area contributed by atoms with Crippen molar-refractivity contribution in [3.05, 3.63) is 54.2 Å². The molecular weight excluding hydrogens is 470 g/mol. The van der Waals surface area contributed by atoms with E-state index in [9.17, 15) is 14.4 Å². The zero-order valence-corrected chi connectivity index (χ0v) is 19.5. The van der Waals surface area contributed by atoms with Gasteiger partial charge in [-0.3, -0.25) is 14.5 Å². The Bertz CT molecular complexity index is 1360. The van der Waals surface area contributed by atoms with E-state index in [-0.39, 0.29) is 24.9 Å². The second kappa shape index (κ2) is 9.63. The largest absolute Gasteiger partial charge is 0.480 e. The van der Waals surface area contributed by atoms with Crippen LogP contribution < -0.4 is 20.3 Å². The number of rotatable bonds is 6. The van der Waals surface area contributed by atoms with E-state index in [2.05, 4.69) is 20.6 Å². The molecular formula is C24H21N5O5S. The molecule has 2 aromatic carbocycles. The number of benzene rings is 2. The Morgan fingerprint density at radius 1 is 1.34 bits per heavy atom. The molecule has 10 nitrogen and oxygen atoms in total. The Hall–Kier alpha value is -4.12. The number of carbonyl (C=O) groups excluding carboxylic acids is 3. The predicted molar refractivity (Wildman–Crippen MR) is 132 cm³/mol. The number of fused-ring (bicyclic) bond motifs is 2. The minimum Gasteiger partial charge on any atom is -0.480 e. The van der Waals surface area contributed by atoms with Crippen LogP contribution in [0.2, 0.25) is 0 Å². The highest BCUT2D eigenvalue weighted by Gasteiger charge is 2.33. The number of anilines is 2. The number of carbonyl (C=O) groups is 3. The lowest BCUT2D eigenvalue weighted by Gasteiger charge is -2.19. The van der Waals surface area contributed by atoms with Gasteiger partial charge in [0.2, 0.25) is 17.7 Å². The molecule has 1 fully saturated rings. The van der Waals surface area contributed by atoms with E-state index < -0.39 is 12.2 Å². The summed E-state index contributed by atoms with van der Waals surface area (Å²) in [5, 5.41) is 5.58. The number of thioether (sulfide) groups is 1. The summed E-state index contributed by atoms with van der Waals surface area (Å²) >= 11 is 1.45. The van der Waals surface area contributed by atoms with Gasteiger partial charge in [-0.1, -0.05) is 12.1 Å². The molecule has 2 aliphatic rings. The molecule has 0 radical (unpaired) electrons. The van der Waals surface area contributed by atoms with Crippen LogP contribution in [0.5, 0.6) is 5.88 Å². The third-order valence-electron chi connectivity index (χ3n) is 5.49. The fourth-order valence-corrected chi connectivity index (χ4v) is 4.58. The van der Waals surface area contributed by atoms with E-state index in [1.54, 1.807) is 12.1 Å². The molecule has 0 aliphatic carbocycles. The fraction of sp³-hybridized carbons (Fsp3) is 0.208. The smallest absolute Gasteiger partial charge is 0.414 e. The Kier molecular flexibility index (Phi) is 6.23. The molecule has 2 aliphatic heterocycles. The van der Waals surface area contributed by atoms with Gasteiger partial charge in [0, 0.05) is 22.2 Å². The van der Waals surface area contributed by atoms with Crippen LogP contribution in [-0.2, 0) is 14.3 Å². The van der Waals surface area contributed by atoms with Crippen LogP contribution in [0, 0.1) is 0 Å². The lowest BCUT2D eigenvalue weighted by atomic mass is 10.1. The molecule has 5 rings (SSSR count). The van der Waals surface area contributed by atoms with Crippen molar-refractivity contribution in [1.29, 1.82) is 0 Å². The maximum absolute atomic E-state index is 12.4. The van der Waals surface area contributed by atoms with Crippen molar-refractivity contribution in [1.82, 2.24) is 15.3 Å². The van der Waals surface area contributed by atoms with E-state index in [4.69, 9.17) is 9.47 Å². The van der Waals surface area contributed by atoms with Crippen LogP contribution in [0.1, 0.15) is 5.56 Å². The summed E-state index contributed by atoms with van der Waals surface area (Å²) in [5.74, 6) is 0.347. The van der Waals surface area contributed by atoms with Gasteiger partial charge in [0.05, 0.1) is 48.9 Å². The molecule has 3 heterocycles. The molecule has 0 saturated carbocycles. The molecule has 35 heavy (non-hydrogen) atoms. The Balaban J connectivity index is 1.20. The van der Waals surface area contributed by atoms with Crippen LogP contribution >= 0.6 is 11.8 Å². The number of para-hydroxylation sites is 1. The van der Waals surface area contributed by atoms with Gasteiger partial charge in [-0.05, 0) is 30.3 Å². The number of hydrogen-bond acceptors (Lipinski definition) is 8. The van der Waals surface area contributed by atoms with Gasteiger partial charge in [-0.25, -0.2) is 14.8 Å². The topological polar surface area (TPSA) is 123 Å². The molecule has 11 heteroatoms. The standard InChI is InChI=1S/C24H21N5O5S/c1-33-22-11-25-17-4-2-3-14(23(17)28-22)5-8-20(30)26-10-16-12-29(24(32)34-16)15-6-7-19-18(9-15)27-21(31)13-35-19/h2-9,11,16H,10,12-13H2,1H3,(H,26,30)(H,27,31). The van der Waals surface area contributed by atoms with Gasteiger partial charge in [0.1, 0.15) is 6.10 Å². The Morgan fingerprint density at radius 2 is 2.23 bits per heavy atom. The van der Waals surface area contributed by atoms with E-state index in [1.165, 1.54) is 36.0 Å². The fourth-order valence-electron chi connectivity index (χ4n) is 3.79. The second-order valence-electron chi connectivity index (χ2n) is 7.84. The average molecular weight is 492 g/mol. The van der Waals surface area contributed by atoms with Crippen molar-refractivity contribution >= 4 is 58.2 Å². The second-order valence-corrected chi connectivity index (χ2v) is 8.86. The monoisotopic (exact) mass is 491 g/mol. The van der Waals surface area contributed by atoms with Crippen LogP contribution in [0.4, 0.5) is 16.2 Å². The Morgan fingerprint density at radius 3 is 3.09 bits per heavy atom. The van der Waals surface area contributed by atoms with Gasteiger partial charge in [-0.15, -0.1) is 11.8 Å². The number of nitrogens with zero attached hydrogens (tertiary/aromatic N) is 3. The van der Waals surface area contributed by atoms with Gasteiger partial charge in [-0.2, -0.15) is 0 Å². The van der Waals surface area contributed by atoms with Crippen molar-refractivity contribution in [2.45, 2.75) is 11.0 Å². The minimum atomic E-state index is -0.507. The number of aromatic nitrogens is 2. The Labute approximate surface area is 204 Å². The van der Waals surface area contributed by atoms with E-state index in [0.29, 0.717) is 34.0 Å². The summed E-state index contributed by atoms with van der Waals surface area (Å²) < 4.78 is 10.6. The maximum Gasteiger partial charge on any atom is 0.414 e. The molecule has 3 aromatic rings. The van der Waals surface area contributed by atoms with Crippen molar-refractivity contribution in [3.8, 4) is 5.88 Å². The van der Waals surface area contributed by atoms with Crippen molar-refractivity contribution in [2.24, 2.45) is 0 Å². The molecule has 1 aromatic heterocycles. The third kappa shape index (κ3) is 4.90. The quantitative estimate of drug-likeness (QED) is 0.505. The highest BCUT2D eigenvalue weighted by molar-refractivity contribution is 8.00. The van der Waals surface area contributed by atoms with E-state index >= 15 is 0 Å². The first-order valence-electron chi connectivity index (χ1n) is 10.8. The molecule has 1 saturated heterocycles. The first-order valence-corrected chi connectivity index (χ1v) is 11.8. The summed E-state index contributed by atoms with van der Waals surface area (Å²) in [4.78, 5) is 47.6. The van der Waals surface area contributed by atoms with E-state index in [1.807, 2.05) is 30.3 Å². The summed E-state index contributed by atoms with van der Waals surface area (Å²) in [6.07, 6.45) is 3.57. The highest BCUT2D eigenvalue weighted by Crippen LogP contribution is 2.35. The SMILES string of the molecule is COc1cnc2cccc(C=CC(=O)NCC3CN(c4ccc5c(c4)NC(=O)CS5)C(=O)O3)c2n1. The third-order valence-corrected chi connectivity index (χ3v) is 6.56. The minimum absolute atomic E-state index is 0.0769. The summed E-state index contributed by atoms with van der Waals surface area (Å²) in [6.45, 7) is 0.438. The molecule has 1 atom stereocenters. The first kappa shape index (κ1) is 22.7. The lowest BCUT2D eigenvalue weighted by molar-refractivity contribution is -0.117. The highest BCUT2D eigenvalue weighted by atomic mass is 32.2. The number of methoxy groups -OCH3 is 1. The molecule has 178 valence electrons. The normalized spacial score (nSPS) is 17.3. The average Bonchev–Trinajstić information content (AvgIpc) is 3.25. The number of hydrogen-bond donors (Lipinski definition) is 2. The maximum atomic E-state index is 12.4. The first-order chi connectivity index (χ1) is 17.0. The zero-order chi connectivity index (χ0) is 24.4. The van der Waals surface area contributed by atoms with Crippen LogP contribution in [0.15, 0.2) is 53.6 Å². The summed E-state index contributed by atoms with van der Waals surface area (Å²) in [7, 11) is 1.52. The van der Waals surface area contributed by atoms with Gasteiger partial charge < -0.3 is 20.1 Å². The van der Waals surface area contributed by atoms with E-state index in [0.717, 1.165) is 10.5 Å². The van der Waals surface area contributed by atoms with Crippen LogP contribution in [-0.4, -0.2) is 59.9 Å². The number of amides is 3. The van der Waals surface area contributed by atoms with Gasteiger partial charge >= 0.3 is 6.09 Å². The molecule has 3 amide bonds. The van der Waals surface area contributed by atoms with Crippen LogP contribution in [0.3, 0.4) is 0 Å².